The third-order valence-electron chi connectivity index (χ3n) is 2.56. The second-order valence-electron chi connectivity index (χ2n) is 4.03. The number of para-hydroxylation sites is 1. The molecule has 1 aromatic heterocycles. The molecule has 4 nitrogen and oxygen atoms in total. The van der Waals surface area contributed by atoms with E-state index in [1.54, 1.807) is 6.20 Å². The molecule has 0 atom stereocenters. The van der Waals surface area contributed by atoms with E-state index in [-0.39, 0.29) is 0 Å². The molecule has 0 aliphatic rings. The topological polar surface area (TPSA) is 57.4 Å². The van der Waals surface area contributed by atoms with Crippen molar-refractivity contribution in [3.63, 3.8) is 0 Å². The minimum atomic E-state index is 0.493. The van der Waals surface area contributed by atoms with Gasteiger partial charge in [0.15, 0.2) is 0 Å². The molecule has 0 saturated heterocycles. The minimum absolute atomic E-state index is 0.493. The summed E-state index contributed by atoms with van der Waals surface area (Å²) < 4.78 is 11.1. The molecule has 0 spiro atoms. The van der Waals surface area contributed by atoms with E-state index in [9.17, 15) is 0 Å². The van der Waals surface area contributed by atoms with Crippen LogP contribution in [-0.2, 0) is 6.42 Å². The first-order valence-electron chi connectivity index (χ1n) is 6.34. The van der Waals surface area contributed by atoms with Crippen LogP contribution in [0.15, 0.2) is 48.7 Å². The number of nitrogens with zero attached hydrogens (tertiary/aromatic N) is 1. The molecule has 0 fully saturated rings. The van der Waals surface area contributed by atoms with Crippen LogP contribution in [0, 0.1) is 0 Å². The van der Waals surface area contributed by atoms with Gasteiger partial charge in [0.05, 0.1) is 6.20 Å². The summed E-state index contributed by atoms with van der Waals surface area (Å²) in [5.74, 6) is 1.60. The second-order valence-corrected chi connectivity index (χ2v) is 4.03. The normalized spacial score (nSPS) is 10.2. The fourth-order valence-electron chi connectivity index (χ4n) is 1.63. The number of pyridine rings is 1. The van der Waals surface area contributed by atoms with Gasteiger partial charge in [0.25, 0.3) is 0 Å². The van der Waals surface area contributed by atoms with E-state index in [1.807, 2.05) is 42.5 Å². The number of nitrogens with two attached hydrogens (primary N) is 1. The molecule has 2 N–H and O–H groups in total. The molecule has 0 bridgehead atoms. The summed E-state index contributed by atoms with van der Waals surface area (Å²) >= 11 is 0. The number of benzene rings is 1. The van der Waals surface area contributed by atoms with E-state index in [0.29, 0.717) is 19.8 Å². The van der Waals surface area contributed by atoms with Gasteiger partial charge >= 0.3 is 0 Å². The van der Waals surface area contributed by atoms with Crippen molar-refractivity contribution in [1.82, 2.24) is 4.98 Å². The first kappa shape index (κ1) is 13.4. The quantitative estimate of drug-likeness (QED) is 0.772. The lowest BCUT2D eigenvalue weighted by Crippen LogP contribution is -2.09. The van der Waals surface area contributed by atoms with Crippen LogP contribution in [0.25, 0.3) is 0 Å². The highest BCUT2D eigenvalue weighted by Gasteiger charge is 1.97. The van der Waals surface area contributed by atoms with Crippen LogP contribution < -0.4 is 15.2 Å². The van der Waals surface area contributed by atoms with E-state index in [4.69, 9.17) is 15.2 Å². The van der Waals surface area contributed by atoms with E-state index >= 15 is 0 Å². The number of hydrogen-bond donors (Lipinski definition) is 1. The van der Waals surface area contributed by atoms with Crippen LogP contribution in [0.3, 0.4) is 0 Å². The third-order valence-corrected chi connectivity index (χ3v) is 2.56. The lowest BCUT2D eigenvalue weighted by Gasteiger charge is -2.08. The maximum Gasteiger partial charge on any atom is 0.137 e. The highest BCUT2D eigenvalue weighted by atomic mass is 16.5. The van der Waals surface area contributed by atoms with Crippen LogP contribution in [0.2, 0.25) is 0 Å². The lowest BCUT2D eigenvalue weighted by atomic mass is 10.3. The molecule has 0 unspecified atom stereocenters. The lowest BCUT2D eigenvalue weighted by molar-refractivity contribution is 0.216. The summed E-state index contributed by atoms with van der Waals surface area (Å²) in [6, 6.07) is 13.5. The fourth-order valence-corrected chi connectivity index (χ4v) is 1.63. The predicted molar refractivity (Wildman–Crippen MR) is 74.4 cm³/mol. The van der Waals surface area contributed by atoms with Gasteiger partial charge in [0, 0.05) is 12.1 Å². The predicted octanol–water partition coefficient (Wildman–Crippen LogP) is 2.04. The highest BCUT2D eigenvalue weighted by molar-refractivity contribution is 5.21. The molecule has 1 aromatic carbocycles. The minimum Gasteiger partial charge on any atom is -0.490 e. The molecule has 0 radical (unpaired) electrons. The van der Waals surface area contributed by atoms with Crippen LogP contribution in [-0.4, -0.2) is 24.7 Å². The molecule has 0 amide bonds. The zero-order chi connectivity index (χ0) is 13.3. The van der Waals surface area contributed by atoms with Crippen molar-refractivity contribution in [3.8, 4) is 11.5 Å². The fraction of sp³-hybridized carbons (Fsp3) is 0.267. The summed E-state index contributed by atoms with van der Waals surface area (Å²) in [5.41, 5.74) is 6.45. The second kappa shape index (κ2) is 7.38. The van der Waals surface area contributed by atoms with Gasteiger partial charge in [-0.2, -0.15) is 0 Å². The Bertz CT molecular complexity index is 471. The monoisotopic (exact) mass is 258 g/mol. The Labute approximate surface area is 113 Å². The molecule has 100 valence electrons. The molecular weight excluding hydrogens is 240 g/mol. The maximum atomic E-state index is 5.54. The number of rotatable bonds is 7. The maximum absolute atomic E-state index is 5.54. The van der Waals surface area contributed by atoms with Gasteiger partial charge in [-0.25, -0.2) is 0 Å². The SMILES string of the molecule is NCCc1ccc(OCCOc2ccccc2)cn1. The summed E-state index contributed by atoms with van der Waals surface area (Å²) in [4.78, 5) is 4.26. The first-order chi connectivity index (χ1) is 9.38. The van der Waals surface area contributed by atoms with Crippen molar-refractivity contribution in [2.24, 2.45) is 5.73 Å². The Kier molecular flexibility index (Phi) is 5.19. The zero-order valence-corrected chi connectivity index (χ0v) is 10.8. The molecule has 0 aliphatic heterocycles. The number of hydrogen-bond acceptors (Lipinski definition) is 4. The van der Waals surface area contributed by atoms with Crippen molar-refractivity contribution < 1.29 is 9.47 Å². The van der Waals surface area contributed by atoms with Gasteiger partial charge in [0.2, 0.25) is 0 Å². The van der Waals surface area contributed by atoms with Crippen LogP contribution in [0.5, 0.6) is 11.5 Å². The van der Waals surface area contributed by atoms with Crippen molar-refractivity contribution in [3.05, 3.63) is 54.4 Å². The zero-order valence-electron chi connectivity index (χ0n) is 10.8. The van der Waals surface area contributed by atoms with Gasteiger partial charge in [-0.3, -0.25) is 4.98 Å². The van der Waals surface area contributed by atoms with Gasteiger partial charge in [0.1, 0.15) is 24.7 Å². The summed E-state index contributed by atoms with van der Waals surface area (Å²) in [7, 11) is 0. The number of aromatic nitrogens is 1. The van der Waals surface area contributed by atoms with Crippen LogP contribution in [0.1, 0.15) is 5.69 Å². The summed E-state index contributed by atoms with van der Waals surface area (Å²) in [6.45, 7) is 1.61. The van der Waals surface area contributed by atoms with E-state index in [2.05, 4.69) is 4.98 Å². The first-order valence-corrected chi connectivity index (χ1v) is 6.34. The average molecular weight is 258 g/mol. The van der Waals surface area contributed by atoms with Crippen molar-refractivity contribution >= 4 is 0 Å². The van der Waals surface area contributed by atoms with Gasteiger partial charge in [-0.15, -0.1) is 0 Å². The Morgan fingerprint density at radius 1 is 0.895 bits per heavy atom. The summed E-state index contributed by atoms with van der Waals surface area (Å²) in [6.07, 6.45) is 2.50. The summed E-state index contributed by atoms with van der Waals surface area (Å²) in [5, 5.41) is 0. The smallest absolute Gasteiger partial charge is 0.137 e. The molecule has 0 saturated carbocycles. The Hall–Kier alpha value is -2.07. The van der Waals surface area contributed by atoms with Gasteiger partial charge in [-0.05, 0) is 30.8 Å². The molecule has 0 aliphatic carbocycles. The number of ether oxygens (including phenoxy) is 2. The van der Waals surface area contributed by atoms with E-state index in [0.717, 1.165) is 23.6 Å². The molecule has 2 aromatic rings. The Morgan fingerprint density at radius 3 is 2.26 bits per heavy atom. The molecule has 1 heterocycles. The average Bonchev–Trinajstić information content (AvgIpc) is 2.47. The van der Waals surface area contributed by atoms with Crippen molar-refractivity contribution in [2.75, 3.05) is 19.8 Å². The van der Waals surface area contributed by atoms with Crippen LogP contribution >= 0.6 is 0 Å². The van der Waals surface area contributed by atoms with Gasteiger partial charge < -0.3 is 15.2 Å². The standard InChI is InChI=1S/C15H18N2O2/c16-9-8-13-6-7-15(12-17-13)19-11-10-18-14-4-2-1-3-5-14/h1-7,12H,8-11,16H2. The molecular formula is C15H18N2O2. The highest BCUT2D eigenvalue weighted by Crippen LogP contribution is 2.10. The molecule has 2 rings (SSSR count). The largest absolute Gasteiger partial charge is 0.490 e. The van der Waals surface area contributed by atoms with Crippen molar-refractivity contribution in [1.29, 1.82) is 0 Å². The molecule has 19 heavy (non-hydrogen) atoms. The van der Waals surface area contributed by atoms with Crippen molar-refractivity contribution in [2.45, 2.75) is 6.42 Å². The third kappa shape index (κ3) is 4.60. The molecule has 4 heteroatoms. The van der Waals surface area contributed by atoms with Gasteiger partial charge in [-0.1, -0.05) is 18.2 Å². The Balaban J connectivity index is 1.70. The Morgan fingerprint density at radius 2 is 1.63 bits per heavy atom. The van der Waals surface area contributed by atoms with E-state index < -0.39 is 0 Å². The van der Waals surface area contributed by atoms with Crippen LogP contribution in [0.4, 0.5) is 0 Å². The van der Waals surface area contributed by atoms with E-state index in [1.165, 1.54) is 0 Å².